The summed E-state index contributed by atoms with van der Waals surface area (Å²) in [5.41, 5.74) is 0.453. The van der Waals surface area contributed by atoms with Crippen LogP contribution < -0.4 is 9.47 Å². The molecule has 0 aliphatic rings. The van der Waals surface area contributed by atoms with Gasteiger partial charge in [-0.05, 0) is 24.3 Å². The molecule has 2 rings (SSSR count). The Morgan fingerprint density at radius 1 is 0.952 bits per heavy atom. The summed E-state index contributed by atoms with van der Waals surface area (Å²) in [5.74, 6) is -0.776. The number of hydrogen-bond acceptors (Lipinski definition) is 3. The highest BCUT2D eigenvalue weighted by Gasteiger charge is 2.05. The van der Waals surface area contributed by atoms with Crippen LogP contribution in [0.25, 0.3) is 0 Å². The SMILES string of the molecule is N#Cc1ccccc1OCCCOc1cc(F)ccc1F. The van der Waals surface area contributed by atoms with E-state index >= 15 is 0 Å². The van der Waals surface area contributed by atoms with Crippen LogP contribution in [-0.4, -0.2) is 13.2 Å². The molecule has 2 aromatic carbocycles. The molecule has 21 heavy (non-hydrogen) atoms. The van der Waals surface area contributed by atoms with E-state index in [1.807, 2.05) is 6.07 Å². The molecule has 108 valence electrons. The lowest BCUT2D eigenvalue weighted by Gasteiger charge is -2.09. The molecule has 0 unspecified atom stereocenters. The summed E-state index contributed by atoms with van der Waals surface area (Å²) in [6.07, 6.45) is 0.482. The molecule has 0 aliphatic carbocycles. The Morgan fingerprint density at radius 2 is 1.67 bits per heavy atom. The van der Waals surface area contributed by atoms with Gasteiger partial charge < -0.3 is 9.47 Å². The molecule has 0 saturated carbocycles. The van der Waals surface area contributed by atoms with Gasteiger partial charge in [0, 0.05) is 12.5 Å². The summed E-state index contributed by atoms with van der Waals surface area (Å²) in [6, 6.07) is 12.0. The average molecular weight is 289 g/mol. The highest BCUT2D eigenvalue weighted by molar-refractivity contribution is 5.42. The highest BCUT2D eigenvalue weighted by Crippen LogP contribution is 2.19. The number of halogens is 2. The lowest BCUT2D eigenvalue weighted by atomic mass is 10.2. The highest BCUT2D eigenvalue weighted by atomic mass is 19.1. The zero-order valence-corrected chi connectivity index (χ0v) is 11.2. The minimum absolute atomic E-state index is 0.118. The number of hydrogen-bond donors (Lipinski definition) is 0. The molecule has 0 amide bonds. The molecule has 0 N–H and O–H groups in total. The summed E-state index contributed by atoms with van der Waals surface area (Å²) in [5, 5.41) is 8.89. The maximum absolute atomic E-state index is 13.3. The zero-order valence-electron chi connectivity index (χ0n) is 11.2. The van der Waals surface area contributed by atoms with E-state index in [2.05, 4.69) is 0 Å². The van der Waals surface area contributed by atoms with Gasteiger partial charge in [0.1, 0.15) is 17.6 Å². The fourth-order valence-corrected chi connectivity index (χ4v) is 1.70. The van der Waals surface area contributed by atoms with Crippen LogP contribution in [0.3, 0.4) is 0 Å². The minimum Gasteiger partial charge on any atom is -0.492 e. The number of ether oxygens (including phenoxy) is 2. The average Bonchev–Trinajstić information content (AvgIpc) is 2.50. The van der Waals surface area contributed by atoms with Gasteiger partial charge in [0.05, 0.1) is 18.8 Å². The number of nitriles is 1. The van der Waals surface area contributed by atoms with Crippen LogP contribution in [0.4, 0.5) is 8.78 Å². The molecular formula is C16H13F2NO2. The quantitative estimate of drug-likeness (QED) is 0.762. The molecule has 0 aromatic heterocycles. The molecule has 0 atom stereocenters. The van der Waals surface area contributed by atoms with E-state index in [1.165, 1.54) is 0 Å². The van der Waals surface area contributed by atoms with Crippen molar-refractivity contribution in [2.45, 2.75) is 6.42 Å². The standard InChI is InChI=1S/C16H13F2NO2/c17-13-6-7-14(18)16(10-13)21-9-3-8-20-15-5-2-1-4-12(15)11-19/h1-2,4-7,10H,3,8-9H2. The van der Waals surface area contributed by atoms with E-state index in [0.717, 1.165) is 18.2 Å². The van der Waals surface area contributed by atoms with Crippen LogP contribution in [0.5, 0.6) is 11.5 Å². The first-order valence-electron chi connectivity index (χ1n) is 6.40. The Labute approximate surface area is 121 Å². The minimum atomic E-state index is -0.604. The second-order valence-electron chi connectivity index (χ2n) is 4.23. The second-order valence-corrected chi connectivity index (χ2v) is 4.23. The van der Waals surface area contributed by atoms with Crippen molar-refractivity contribution in [3.63, 3.8) is 0 Å². The van der Waals surface area contributed by atoms with Gasteiger partial charge in [-0.25, -0.2) is 8.78 Å². The monoisotopic (exact) mass is 289 g/mol. The number of nitrogens with zero attached hydrogens (tertiary/aromatic N) is 1. The van der Waals surface area contributed by atoms with Gasteiger partial charge in [0.15, 0.2) is 11.6 Å². The molecule has 0 radical (unpaired) electrons. The van der Waals surface area contributed by atoms with Crippen LogP contribution in [0.1, 0.15) is 12.0 Å². The zero-order chi connectivity index (χ0) is 15.1. The Balaban J connectivity index is 1.78. The predicted octanol–water partition coefficient (Wildman–Crippen LogP) is 3.68. The van der Waals surface area contributed by atoms with Crippen molar-refractivity contribution in [2.24, 2.45) is 0 Å². The summed E-state index contributed by atoms with van der Waals surface area (Å²) in [4.78, 5) is 0. The molecule has 2 aromatic rings. The van der Waals surface area contributed by atoms with Crippen molar-refractivity contribution >= 4 is 0 Å². The first-order valence-corrected chi connectivity index (χ1v) is 6.40. The fraction of sp³-hybridized carbons (Fsp3) is 0.188. The van der Waals surface area contributed by atoms with E-state index in [0.29, 0.717) is 24.3 Å². The Kier molecular flexibility index (Phi) is 5.10. The van der Waals surface area contributed by atoms with Crippen molar-refractivity contribution in [1.82, 2.24) is 0 Å². The Bertz CT molecular complexity index is 653. The molecular weight excluding hydrogens is 276 g/mol. The van der Waals surface area contributed by atoms with Crippen LogP contribution in [0.2, 0.25) is 0 Å². The van der Waals surface area contributed by atoms with Crippen molar-refractivity contribution < 1.29 is 18.3 Å². The van der Waals surface area contributed by atoms with Crippen LogP contribution in [0, 0.1) is 23.0 Å². The van der Waals surface area contributed by atoms with Gasteiger partial charge >= 0.3 is 0 Å². The molecule has 3 nitrogen and oxygen atoms in total. The van der Waals surface area contributed by atoms with Crippen molar-refractivity contribution in [3.8, 4) is 17.6 Å². The third-order valence-electron chi connectivity index (χ3n) is 2.70. The van der Waals surface area contributed by atoms with E-state index in [4.69, 9.17) is 14.7 Å². The molecule has 5 heteroatoms. The largest absolute Gasteiger partial charge is 0.492 e. The Morgan fingerprint density at radius 3 is 2.43 bits per heavy atom. The number of rotatable bonds is 6. The summed E-state index contributed by atoms with van der Waals surface area (Å²) in [7, 11) is 0. The van der Waals surface area contributed by atoms with Crippen LogP contribution in [-0.2, 0) is 0 Å². The van der Waals surface area contributed by atoms with Gasteiger partial charge in [-0.2, -0.15) is 5.26 Å². The number of benzene rings is 2. The summed E-state index contributed by atoms with van der Waals surface area (Å²) < 4.78 is 36.8. The van der Waals surface area contributed by atoms with Crippen molar-refractivity contribution in [2.75, 3.05) is 13.2 Å². The molecule has 0 heterocycles. The molecule has 0 fully saturated rings. The predicted molar refractivity (Wildman–Crippen MR) is 73.1 cm³/mol. The molecule has 0 aliphatic heterocycles. The molecule has 0 bridgehead atoms. The van der Waals surface area contributed by atoms with E-state index in [-0.39, 0.29) is 12.4 Å². The van der Waals surface area contributed by atoms with Gasteiger partial charge in [0.25, 0.3) is 0 Å². The fourth-order valence-electron chi connectivity index (χ4n) is 1.70. The van der Waals surface area contributed by atoms with E-state index in [1.54, 1.807) is 24.3 Å². The number of para-hydroxylation sites is 1. The van der Waals surface area contributed by atoms with Gasteiger partial charge in [-0.3, -0.25) is 0 Å². The smallest absolute Gasteiger partial charge is 0.165 e. The van der Waals surface area contributed by atoms with Crippen LogP contribution >= 0.6 is 0 Å². The lowest BCUT2D eigenvalue weighted by molar-refractivity contribution is 0.240. The third kappa shape index (κ3) is 4.18. The van der Waals surface area contributed by atoms with Crippen LogP contribution in [0.15, 0.2) is 42.5 Å². The topological polar surface area (TPSA) is 42.2 Å². The lowest BCUT2D eigenvalue weighted by Crippen LogP contribution is -2.06. The normalized spacial score (nSPS) is 9.95. The van der Waals surface area contributed by atoms with Gasteiger partial charge in [0.2, 0.25) is 0 Å². The summed E-state index contributed by atoms with van der Waals surface area (Å²) in [6.45, 7) is 0.505. The second kappa shape index (κ2) is 7.25. The first-order chi connectivity index (χ1) is 10.2. The molecule has 0 spiro atoms. The first kappa shape index (κ1) is 14.8. The Hall–Kier alpha value is -2.61. The molecule has 0 saturated heterocycles. The summed E-state index contributed by atoms with van der Waals surface area (Å²) >= 11 is 0. The van der Waals surface area contributed by atoms with Gasteiger partial charge in [-0.15, -0.1) is 0 Å². The maximum Gasteiger partial charge on any atom is 0.165 e. The van der Waals surface area contributed by atoms with Gasteiger partial charge in [-0.1, -0.05) is 12.1 Å². The van der Waals surface area contributed by atoms with E-state index < -0.39 is 11.6 Å². The van der Waals surface area contributed by atoms with Crippen molar-refractivity contribution in [3.05, 3.63) is 59.7 Å². The van der Waals surface area contributed by atoms with E-state index in [9.17, 15) is 8.78 Å². The van der Waals surface area contributed by atoms with Crippen molar-refractivity contribution in [1.29, 1.82) is 5.26 Å². The third-order valence-corrected chi connectivity index (χ3v) is 2.70. The maximum atomic E-state index is 13.3.